The summed E-state index contributed by atoms with van der Waals surface area (Å²) in [6, 6.07) is 12.2. The number of nitrogens with zero attached hydrogens (tertiary/aromatic N) is 2. The summed E-state index contributed by atoms with van der Waals surface area (Å²) >= 11 is 1.35. The van der Waals surface area contributed by atoms with Crippen LogP contribution in [-0.2, 0) is 11.3 Å². The zero-order chi connectivity index (χ0) is 15.4. The average Bonchev–Trinajstić information content (AvgIpc) is 2.95. The Morgan fingerprint density at radius 3 is 2.91 bits per heavy atom. The molecule has 1 N–H and O–H groups in total. The molecule has 0 atom stereocenters. The zero-order valence-corrected chi connectivity index (χ0v) is 12.5. The van der Waals surface area contributed by atoms with Crippen molar-refractivity contribution in [2.24, 2.45) is 0 Å². The highest BCUT2D eigenvalue weighted by molar-refractivity contribution is 7.99. The van der Waals surface area contributed by atoms with Crippen LogP contribution in [0.2, 0.25) is 0 Å². The number of carbonyl (C=O) groups excluding carboxylic acids is 1. The number of hydrogen-bond acceptors (Lipinski definition) is 3. The fourth-order valence-electron chi connectivity index (χ4n) is 2.04. The van der Waals surface area contributed by atoms with E-state index in [-0.39, 0.29) is 24.0 Å². The molecule has 1 aromatic carbocycles. The van der Waals surface area contributed by atoms with Gasteiger partial charge in [-0.15, -0.1) is 0 Å². The Morgan fingerprint density at radius 1 is 1.23 bits per heavy atom. The number of carbonyl (C=O) groups is 1. The molecule has 3 rings (SSSR count). The van der Waals surface area contributed by atoms with Crippen molar-refractivity contribution in [3.63, 3.8) is 0 Å². The first-order valence-corrected chi connectivity index (χ1v) is 7.77. The van der Waals surface area contributed by atoms with E-state index in [0.29, 0.717) is 5.56 Å². The third-order valence-corrected chi connectivity index (χ3v) is 4.14. The van der Waals surface area contributed by atoms with Crippen molar-refractivity contribution in [2.45, 2.75) is 11.7 Å². The van der Waals surface area contributed by atoms with Crippen LogP contribution in [-0.4, -0.2) is 21.0 Å². The highest BCUT2D eigenvalue weighted by Crippen LogP contribution is 2.18. The normalized spacial score (nSPS) is 10.8. The molecule has 0 unspecified atom stereocenters. The summed E-state index contributed by atoms with van der Waals surface area (Å²) in [6.45, 7) is 0.189. The maximum Gasteiger partial charge on any atom is 0.230 e. The predicted octanol–water partition coefficient (Wildman–Crippen LogP) is 2.88. The van der Waals surface area contributed by atoms with Crippen molar-refractivity contribution < 1.29 is 9.18 Å². The number of pyridine rings is 1. The Balaban J connectivity index is 1.55. The van der Waals surface area contributed by atoms with E-state index in [4.69, 9.17) is 0 Å². The Bertz CT molecular complexity index is 803. The van der Waals surface area contributed by atoms with Crippen molar-refractivity contribution in [2.75, 3.05) is 5.75 Å². The van der Waals surface area contributed by atoms with E-state index >= 15 is 0 Å². The van der Waals surface area contributed by atoms with Gasteiger partial charge in [0.05, 0.1) is 17.5 Å². The Labute approximate surface area is 131 Å². The summed E-state index contributed by atoms with van der Waals surface area (Å²) in [5.74, 6) is -0.224. The summed E-state index contributed by atoms with van der Waals surface area (Å²) in [7, 11) is 0. The second-order valence-electron chi connectivity index (χ2n) is 4.69. The molecule has 112 valence electrons. The van der Waals surface area contributed by atoms with Gasteiger partial charge in [0.25, 0.3) is 0 Å². The molecule has 1 amide bonds. The molecule has 4 nitrogen and oxygen atoms in total. The van der Waals surface area contributed by atoms with Crippen LogP contribution < -0.4 is 5.32 Å². The molecule has 2 heterocycles. The largest absolute Gasteiger partial charge is 0.351 e. The highest BCUT2D eigenvalue weighted by Gasteiger charge is 2.08. The molecule has 22 heavy (non-hydrogen) atoms. The standard InChI is InChI=1S/C16H14FN3OS/c17-14-7-2-1-5-12(14)9-18-15(21)11-22-16-19-10-13-6-3-4-8-20(13)16/h1-8,10H,9,11H2,(H,18,21). The van der Waals surface area contributed by atoms with Gasteiger partial charge in [-0.2, -0.15) is 0 Å². The SMILES string of the molecule is O=C(CSc1ncc2ccccn12)NCc1ccccc1F. The third-order valence-electron chi connectivity index (χ3n) is 3.17. The number of imidazole rings is 1. The van der Waals surface area contributed by atoms with Crippen LogP contribution >= 0.6 is 11.8 Å². The van der Waals surface area contributed by atoms with Crippen molar-refractivity contribution in [3.05, 3.63) is 66.2 Å². The minimum Gasteiger partial charge on any atom is -0.351 e. The van der Waals surface area contributed by atoms with E-state index < -0.39 is 0 Å². The topological polar surface area (TPSA) is 46.4 Å². The molecule has 3 aromatic rings. The molecule has 0 radical (unpaired) electrons. The Kier molecular flexibility index (Phi) is 4.39. The second kappa shape index (κ2) is 6.62. The Morgan fingerprint density at radius 2 is 2.05 bits per heavy atom. The van der Waals surface area contributed by atoms with E-state index in [1.54, 1.807) is 24.4 Å². The second-order valence-corrected chi connectivity index (χ2v) is 5.64. The fraction of sp³-hybridized carbons (Fsp3) is 0.125. The van der Waals surface area contributed by atoms with Crippen LogP contribution in [0, 0.1) is 5.82 Å². The maximum absolute atomic E-state index is 13.5. The molecule has 0 aliphatic rings. The lowest BCUT2D eigenvalue weighted by atomic mass is 10.2. The molecule has 0 saturated carbocycles. The first-order valence-electron chi connectivity index (χ1n) is 6.79. The molecule has 0 spiro atoms. The number of rotatable bonds is 5. The predicted molar refractivity (Wildman–Crippen MR) is 84.2 cm³/mol. The molecule has 0 aliphatic heterocycles. The number of aromatic nitrogens is 2. The fourth-order valence-corrected chi connectivity index (χ4v) is 2.84. The van der Waals surface area contributed by atoms with Crippen molar-refractivity contribution in [1.82, 2.24) is 14.7 Å². The van der Waals surface area contributed by atoms with Gasteiger partial charge in [-0.05, 0) is 18.2 Å². The monoisotopic (exact) mass is 315 g/mol. The van der Waals surface area contributed by atoms with Gasteiger partial charge in [0.15, 0.2) is 5.16 Å². The summed E-state index contributed by atoms with van der Waals surface area (Å²) < 4.78 is 15.4. The molecule has 2 aromatic heterocycles. The van der Waals surface area contributed by atoms with Crippen LogP contribution in [0.15, 0.2) is 60.0 Å². The molecule has 0 fully saturated rings. The molecule has 0 aliphatic carbocycles. The minimum absolute atomic E-state index is 0.152. The first kappa shape index (κ1) is 14.6. The van der Waals surface area contributed by atoms with Gasteiger partial charge < -0.3 is 5.32 Å². The molecule has 6 heteroatoms. The van der Waals surface area contributed by atoms with E-state index in [2.05, 4.69) is 10.3 Å². The maximum atomic E-state index is 13.5. The van der Waals surface area contributed by atoms with Crippen molar-refractivity contribution in [3.8, 4) is 0 Å². The lowest BCUT2D eigenvalue weighted by Crippen LogP contribution is -2.25. The lowest BCUT2D eigenvalue weighted by Gasteiger charge is -2.06. The molecule has 0 bridgehead atoms. The summed E-state index contributed by atoms with van der Waals surface area (Å²) in [5, 5.41) is 3.47. The van der Waals surface area contributed by atoms with Gasteiger partial charge >= 0.3 is 0 Å². The lowest BCUT2D eigenvalue weighted by molar-refractivity contribution is -0.118. The van der Waals surface area contributed by atoms with E-state index in [0.717, 1.165) is 10.7 Å². The van der Waals surface area contributed by atoms with Crippen molar-refractivity contribution in [1.29, 1.82) is 0 Å². The number of fused-ring (bicyclic) bond motifs is 1. The number of amides is 1. The van der Waals surface area contributed by atoms with Crippen LogP contribution in [0.1, 0.15) is 5.56 Å². The van der Waals surface area contributed by atoms with Gasteiger partial charge in [0, 0.05) is 18.3 Å². The minimum atomic E-state index is -0.310. The van der Waals surface area contributed by atoms with Gasteiger partial charge in [-0.1, -0.05) is 36.0 Å². The summed E-state index contributed by atoms with van der Waals surface area (Å²) in [5.41, 5.74) is 1.46. The number of hydrogen-bond donors (Lipinski definition) is 1. The molecular weight excluding hydrogens is 301 g/mol. The van der Waals surface area contributed by atoms with Gasteiger partial charge in [-0.25, -0.2) is 9.37 Å². The van der Waals surface area contributed by atoms with E-state index in [1.165, 1.54) is 17.8 Å². The Hall–Kier alpha value is -2.34. The van der Waals surface area contributed by atoms with E-state index in [9.17, 15) is 9.18 Å². The van der Waals surface area contributed by atoms with Gasteiger partial charge in [-0.3, -0.25) is 9.20 Å². The summed E-state index contributed by atoms with van der Waals surface area (Å²) in [4.78, 5) is 16.2. The van der Waals surface area contributed by atoms with Crippen LogP contribution in [0.5, 0.6) is 0 Å². The zero-order valence-electron chi connectivity index (χ0n) is 11.7. The first-order chi connectivity index (χ1) is 10.7. The van der Waals surface area contributed by atoms with E-state index in [1.807, 2.05) is 28.8 Å². The number of thioether (sulfide) groups is 1. The highest BCUT2D eigenvalue weighted by atomic mass is 32.2. The molecule has 0 saturated heterocycles. The molecular formula is C16H14FN3OS. The number of halogens is 1. The van der Waals surface area contributed by atoms with Gasteiger partial charge in [0.2, 0.25) is 5.91 Å². The van der Waals surface area contributed by atoms with Gasteiger partial charge in [0.1, 0.15) is 5.82 Å². The van der Waals surface area contributed by atoms with Crippen LogP contribution in [0.3, 0.4) is 0 Å². The smallest absolute Gasteiger partial charge is 0.230 e. The van der Waals surface area contributed by atoms with Crippen LogP contribution in [0.4, 0.5) is 4.39 Å². The average molecular weight is 315 g/mol. The third kappa shape index (κ3) is 3.28. The quantitative estimate of drug-likeness (QED) is 0.737. The van der Waals surface area contributed by atoms with Crippen LogP contribution in [0.25, 0.3) is 5.52 Å². The number of benzene rings is 1. The van der Waals surface area contributed by atoms with Crippen molar-refractivity contribution >= 4 is 23.2 Å². The summed E-state index contributed by atoms with van der Waals surface area (Å²) in [6.07, 6.45) is 3.67. The number of nitrogens with one attached hydrogen (secondary N) is 1.